The molecule has 0 saturated carbocycles. The topological polar surface area (TPSA) is 76.0 Å². The predicted octanol–water partition coefficient (Wildman–Crippen LogP) is 5.66. The SMILES string of the molecule is CCCCCCCCOc1ccc2cc(COCCCP(=O)(O)O)ccc2c1. The highest BCUT2D eigenvalue weighted by atomic mass is 31.2. The third-order valence-electron chi connectivity index (χ3n) is 4.65. The first-order chi connectivity index (χ1) is 13.5. The average Bonchev–Trinajstić information content (AvgIpc) is 2.66. The molecule has 0 atom stereocenters. The van der Waals surface area contributed by atoms with Crippen molar-refractivity contribution in [3.8, 4) is 5.75 Å². The Morgan fingerprint density at radius 2 is 1.57 bits per heavy atom. The highest BCUT2D eigenvalue weighted by Gasteiger charge is 2.11. The molecule has 0 aliphatic rings. The van der Waals surface area contributed by atoms with E-state index in [4.69, 9.17) is 19.3 Å². The minimum Gasteiger partial charge on any atom is -0.494 e. The smallest absolute Gasteiger partial charge is 0.325 e. The van der Waals surface area contributed by atoms with Crippen LogP contribution in [0, 0.1) is 0 Å². The minimum atomic E-state index is -3.92. The van der Waals surface area contributed by atoms with Gasteiger partial charge in [-0.2, -0.15) is 0 Å². The fraction of sp³-hybridized carbons (Fsp3) is 0.545. The molecule has 0 aliphatic heterocycles. The summed E-state index contributed by atoms with van der Waals surface area (Å²) in [6, 6.07) is 12.3. The summed E-state index contributed by atoms with van der Waals surface area (Å²) in [5.41, 5.74) is 1.05. The van der Waals surface area contributed by atoms with E-state index in [2.05, 4.69) is 31.2 Å². The molecule has 28 heavy (non-hydrogen) atoms. The number of fused-ring (bicyclic) bond motifs is 1. The summed E-state index contributed by atoms with van der Waals surface area (Å²) in [7, 11) is -3.92. The molecule has 0 fully saturated rings. The van der Waals surface area contributed by atoms with Crippen molar-refractivity contribution < 1.29 is 23.8 Å². The van der Waals surface area contributed by atoms with Crippen molar-refractivity contribution in [2.75, 3.05) is 19.4 Å². The van der Waals surface area contributed by atoms with Crippen LogP contribution in [0.3, 0.4) is 0 Å². The van der Waals surface area contributed by atoms with Crippen molar-refractivity contribution in [3.05, 3.63) is 42.0 Å². The molecule has 0 aromatic heterocycles. The van der Waals surface area contributed by atoms with Crippen LogP contribution in [0.15, 0.2) is 36.4 Å². The van der Waals surface area contributed by atoms with Gasteiger partial charge in [-0.3, -0.25) is 4.57 Å². The van der Waals surface area contributed by atoms with Crippen LogP contribution in [-0.2, 0) is 15.9 Å². The number of ether oxygens (including phenoxy) is 2. The van der Waals surface area contributed by atoms with E-state index < -0.39 is 7.60 Å². The highest BCUT2D eigenvalue weighted by molar-refractivity contribution is 7.51. The lowest BCUT2D eigenvalue weighted by Crippen LogP contribution is -1.99. The summed E-state index contributed by atoms with van der Waals surface area (Å²) in [5, 5.41) is 2.26. The Labute approximate surface area is 168 Å². The number of hydrogen-bond acceptors (Lipinski definition) is 3. The van der Waals surface area contributed by atoms with Gasteiger partial charge in [0.15, 0.2) is 0 Å². The van der Waals surface area contributed by atoms with Crippen molar-refractivity contribution in [1.82, 2.24) is 0 Å². The van der Waals surface area contributed by atoms with Crippen LogP contribution < -0.4 is 4.74 Å². The Balaban J connectivity index is 1.74. The zero-order valence-corrected chi connectivity index (χ0v) is 17.7. The van der Waals surface area contributed by atoms with Crippen molar-refractivity contribution in [2.45, 2.75) is 58.5 Å². The largest absolute Gasteiger partial charge is 0.494 e. The van der Waals surface area contributed by atoms with Crippen LogP contribution in [0.25, 0.3) is 10.8 Å². The van der Waals surface area contributed by atoms with E-state index in [9.17, 15) is 4.57 Å². The third kappa shape index (κ3) is 9.20. The van der Waals surface area contributed by atoms with E-state index >= 15 is 0 Å². The standard InChI is InChI=1S/C22H33O5P/c1-2-3-4-5-6-7-14-27-22-12-11-20-16-19(9-10-21(20)17-22)18-26-13-8-15-28(23,24)25/h9-12,16-17H,2-8,13-15,18H2,1H3,(H2,23,24,25). The summed E-state index contributed by atoms with van der Waals surface area (Å²) in [5.74, 6) is 0.905. The van der Waals surface area contributed by atoms with E-state index in [0.717, 1.165) is 35.1 Å². The normalized spacial score (nSPS) is 11.8. The molecule has 0 heterocycles. The van der Waals surface area contributed by atoms with Crippen LogP contribution in [0.1, 0.15) is 57.4 Å². The fourth-order valence-electron chi connectivity index (χ4n) is 3.09. The number of benzene rings is 2. The highest BCUT2D eigenvalue weighted by Crippen LogP contribution is 2.34. The van der Waals surface area contributed by atoms with Gasteiger partial charge in [0, 0.05) is 6.61 Å². The Kier molecular flexibility index (Phi) is 10.0. The second kappa shape index (κ2) is 12.2. The van der Waals surface area contributed by atoms with Crippen LogP contribution in [-0.4, -0.2) is 29.2 Å². The molecule has 0 unspecified atom stereocenters. The third-order valence-corrected chi connectivity index (χ3v) is 5.55. The predicted molar refractivity (Wildman–Crippen MR) is 114 cm³/mol. The van der Waals surface area contributed by atoms with Crippen LogP contribution >= 0.6 is 7.60 Å². The van der Waals surface area contributed by atoms with Gasteiger partial charge in [0.1, 0.15) is 5.75 Å². The lowest BCUT2D eigenvalue weighted by Gasteiger charge is -2.09. The number of unbranched alkanes of at least 4 members (excludes halogenated alkanes) is 5. The van der Waals surface area contributed by atoms with Crippen molar-refractivity contribution in [2.24, 2.45) is 0 Å². The second-order valence-electron chi connectivity index (χ2n) is 7.25. The fourth-order valence-corrected chi connectivity index (χ4v) is 3.63. The first-order valence-corrected chi connectivity index (χ1v) is 12.1. The molecule has 2 aromatic carbocycles. The van der Waals surface area contributed by atoms with E-state index in [1.54, 1.807) is 0 Å². The second-order valence-corrected chi connectivity index (χ2v) is 9.03. The zero-order chi connectivity index (χ0) is 20.2. The van der Waals surface area contributed by atoms with Gasteiger partial charge in [0.25, 0.3) is 0 Å². The average molecular weight is 408 g/mol. The Hall–Kier alpha value is -1.39. The Bertz CT molecular complexity index is 756. The minimum absolute atomic E-state index is 0.133. The first-order valence-electron chi connectivity index (χ1n) is 10.3. The molecular weight excluding hydrogens is 375 g/mol. The molecule has 0 bridgehead atoms. The Morgan fingerprint density at radius 3 is 2.36 bits per heavy atom. The molecule has 0 aliphatic carbocycles. The molecule has 6 heteroatoms. The van der Waals surface area contributed by atoms with Crippen molar-refractivity contribution in [1.29, 1.82) is 0 Å². The van der Waals surface area contributed by atoms with Gasteiger partial charge in [-0.1, -0.05) is 57.2 Å². The molecule has 0 spiro atoms. The summed E-state index contributed by atoms with van der Waals surface area (Å²) in [6.07, 6.45) is 7.76. The molecule has 2 aromatic rings. The monoisotopic (exact) mass is 408 g/mol. The van der Waals surface area contributed by atoms with Gasteiger partial charge < -0.3 is 19.3 Å². The van der Waals surface area contributed by atoms with Gasteiger partial charge in [-0.15, -0.1) is 0 Å². The summed E-state index contributed by atoms with van der Waals surface area (Å²) in [4.78, 5) is 17.7. The molecule has 0 amide bonds. The zero-order valence-electron chi connectivity index (χ0n) is 16.8. The lowest BCUT2D eigenvalue weighted by atomic mass is 10.1. The van der Waals surface area contributed by atoms with Gasteiger partial charge in [-0.05, 0) is 47.4 Å². The molecule has 5 nitrogen and oxygen atoms in total. The lowest BCUT2D eigenvalue weighted by molar-refractivity contribution is 0.121. The van der Waals surface area contributed by atoms with E-state index in [0.29, 0.717) is 19.6 Å². The maximum absolute atomic E-state index is 10.8. The molecule has 156 valence electrons. The Morgan fingerprint density at radius 1 is 0.857 bits per heavy atom. The number of rotatable bonds is 14. The molecule has 2 rings (SSSR count). The van der Waals surface area contributed by atoms with Crippen molar-refractivity contribution >= 4 is 18.4 Å². The molecule has 0 saturated heterocycles. The van der Waals surface area contributed by atoms with Gasteiger partial charge in [0.2, 0.25) is 0 Å². The maximum atomic E-state index is 10.8. The molecular formula is C22H33O5P. The molecule has 2 N–H and O–H groups in total. The van der Waals surface area contributed by atoms with Crippen LogP contribution in [0.4, 0.5) is 0 Å². The van der Waals surface area contributed by atoms with E-state index in [1.165, 1.54) is 32.1 Å². The summed E-state index contributed by atoms with van der Waals surface area (Å²) >= 11 is 0. The van der Waals surface area contributed by atoms with Gasteiger partial charge in [-0.25, -0.2) is 0 Å². The maximum Gasteiger partial charge on any atom is 0.325 e. The summed E-state index contributed by atoms with van der Waals surface area (Å²) in [6.45, 7) is 3.77. The van der Waals surface area contributed by atoms with Crippen LogP contribution in [0.5, 0.6) is 5.75 Å². The molecule has 0 radical (unpaired) electrons. The van der Waals surface area contributed by atoms with Gasteiger partial charge >= 0.3 is 7.60 Å². The van der Waals surface area contributed by atoms with Crippen molar-refractivity contribution in [3.63, 3.8) is 0 Å². The quantitative estimate of drug-likeness (QED) is 0.311. The van der Waals surface area contributed by atoms with Gasteiger partial charge in [0.05, 0.1) is 19.4 Å². The first kappa shape index (κ1) is 22.9. The number of hydrogen-bond donors (Lipinski definition) is 2. The van der Waals surface area contributed by atoms with E-state index in [1.807, 2.05) is 12.1 Å². The van der Waals surface area contributed by atoms with Crippen LogP contribution in [0.2, 0.25) is 0 Å². The summed E-state index contributed by atoms with van der Waals surface area (Å²) < 4.78 is 22.2. The van der Waals surface area contributed by atoms with E-state index in [-0.39, 0.29) is 6.16 Å².